The van der Waals surface area contributed by atoms with Gasteiger partial charge >= 0.3 is 0 Å². The lowest BCUT2D eigenvalue weighted by Crippen LogP contribution is -2.10. The monoisotopic (exact) mass is 308 g/mol. The number of fused-ring (bicyclic) bond motifs is 2. The van der Waals surface area contributed by atoms with Gasteiger partial charge in [0, 0.05) is 7.05 Å². The van der Waals surface area contributed by atoms with Crippen molar-refractivity contribution in [1.82, 2.24) is 30.4 Å². The zero-order chi connectivity index (χ0) is 16.4. The molecule has 0 unspecified atom stereocenters. The maximum atomic E-state index is 3.99. The Labute approximate surface area is 134 Å². The highest BCUT2D eigenvalue weighted by atomic mass is 15.4. The molecular formula is C17H20N6. The van der Waals surface area contributed by atoms with E-state index in [0.29, 0.717) is 0 Å². The Kier molecular flexibility index (Phi) is 3.82. The second kappa shape index (κ2) is 5.79. The molecule has 0 aliphatic heterocycles. The predicted octanol–water partition coefficient (Wildman–Crippen LogP) is 3.22. The molecule has 0 aliphatic carbocycles. The van der Waals surface area contributed by atoms with Crippen LogP contribution in [0.3, 0.4) is 0 Å². The van der Waals surface area contributed by atoms with Crippen LogP contribution >= 0.6 is 0 Å². The molecule has 0 aliphatic rings. The van der Waals surface area contributed by atoms with Crippen molar-refractivity contribution in [3.63, 3.8) is 0 Å². The fraction of sp³-hybridized carbons (Fsp3) is 0.294. The van der Waals surface area contributed by atoms with Crippen LogP contribution in [0.5, 0.6) is 0 Å². The second-order valence-corrected chi connectivity index (χ2v) is 6.50. The van der Waals surface area contributed by atoms with Gasteiger partial charge in [-0.3, -0.25) is 5.10 Å². The highest BCUT2D eigenvalue weighted by Gasteiger charge is 2.14. The van der Waals surface area contributed by atoms with Gasteiger partial charge in [-0.25, -0.2) is 4.68 Å². The zero-order valence-electron chi connectivity index (χ0n) is 13.8. The second-order valence-electron chi connectivity index (χ2n) is 6.50. The quantitative estimate of drug-likeness (QED) is 0.541. The minimum atomic E-state index is 0.174. The van der Waals surface area contributed by atoms with Gasteiger partial charge in [0.1, 0.15) is 11.0 Å². The van der Waals surface area contributed by atoms with Crippen LogP contribution < -0.4 is 0 Å². The fourth-order valence-electron chi connectivity index (χ4n) is 2.29. The number of nitrogens with zero attached hydrogens (tertiary/aromatic N) is 5. The van der Waals surface area contributed by atoms with E-state index >= 15 is 0 Å². The molecule has 0 radical (unpaired) electrons. The maximum absolute atomic E-state index is 3.99. The van der Waals surface area contributed by atoms with E-state index in [2.05, 4.69) is 58.6 Å². The van der Waals surface area contributed by atoms with Gasteiger partial charge in [-0.05, 0) is 35.2 Å². The number of hydrogen-bond acceptors (Lipinski definition) is 4. The number of benzene rings is 2. The summed E-state index contributed by atoms with van der Waals surface area (Å²) >= 11 is 0. The number of para-hydroxylation sites is 1. The van der Waals surface area contributed by atoms with Crippen LogP contribution in [0.4, 0.5) is 0 Å². The average Bonchev–Trinajstić information content (AvgIpc) is 3.14. The van der Waals surface area contributed by atoms with Crippen molar-refractivity contribution in [2.75, 3.05) is 0 Å². The third-order valence-corrected chi connectivity index (χ3v) is 3.71. The van der Waals surface area contributed by atoms with E-state index in [1.807, 2.05) is 37.4 Å². The average molecular weight is 308 g/mol. The van der Waals surface area contributed by atoms with Gasteiger partial charge in [-0.1, -0.05) is 49.4 Å². The number of aromatic amines is 1. The molecule has 0 amide bonds. The van der Waals surface area contributed by atoms with Gasteiger partial charge in [-0.15, -0.1) is 10.2 Å². The number of H-pyrrole nitrogens is 1. The normalized spacial score (nSPS) is 11.5. The molecule has 2 aromatic carbocycles. The number of aryl methyl sites for hydroxylation is 1. The van der Waals surface area contributed by atoms with Crippen molar-refractivity contribution in [3.05, 3.63) is 48.0 Å². The summed E-state index contributed by atoms with van der Waals surface area (Å²) < 4.78 is 1.76. The first-order valence-electron chi connectivity index (χ1n) is 7.51. The molecule has 0 bridgehead atoms. The summed E-state index contributed by atoms with van der Waals surface area (Å²) in [5, 5.41) is 18.4. The minimum Gasteiger partial charge on any atom is -0.258 e. The van der Waals surface area contributed by atoms with E-state index in [4.69, 9.17) is 0 Å². The van der Waals surface area contributed by atoms with E-state index in [9.17, 15) is 0 Å². The molecule has 6 heteroatoms. The Morgan fingerprint density at radius 2 is 1.74 bits per heavy atom. The van der Waals surface area contributed by atoms with Crippen LogP contribution in [0, 0.1) is 0 Å². The van der Waals surface area contributed by atoms with Crippen molar-refractivity contribution >= 4 is 22.1 Å². The summed E-state index contributed by atoms with van der Waals surface area (Å²) in [4.78, 5) is 0. The molecule has 23 heavy (non-hydrogen) atoms. The van der Waals surface area contributed by atoms with E-state index in [0.717, 1.165) is 22.1 Å². The molecule has 0 spiro atoms. The van der Waals surface area contributed by atoms with Gasteiger partial charge in [0.05, 0.1) is 11.0 Å². The van der Waals surface area contributed by atoms with Gasteiger partial charge in [0.2, 0.25) is 0 Å². The summed E-state index contributed by atoms with van der Waals surface area (Å²) in [5.74, 6) is 0. The van der Waals surface area contributed by atoms with E-state index in [1.54, 1.807) is 4.68 Å². The standard InChI is InChI=1S/C10H13N3.C7H7N3/c1-10(2,3)7-4-5-8-9(6-7)12-13-11-8;1-10-7-5-3-2-4-6(7)8-9-10/h4-6H,1-3H3,(H,11,12,13);2-5H,1H3. The Morgan fingerprint density at radius 3 is 2.48 bits per heavy atom. The zero-order valence-corrected chi connectivity index (χ0v) is 13.8. The Bertz CT molecular complexity index is 929. The highest BCUT2D eigenvalue weighted by Crippen LogP contribution is 2.24. The summed E-state index contributed by atoms with van der Waals surface area (Å²) in [6.07, 6.45) is 0. The van der Waals surface area contributed by atoms with Gasteiger partial charge in [0.25, 0.3) is 0 Å². The number of hydrogen-bond donors (Lipinski definition) is 1. The SMILES string of the molecule is CC(C)(C)c1ccc2[nH]nnc2c1.Cn1nnc2ccccc21. The topological polar surface area (TPSA) is 72.3 Å². The highest BCUT2D eigenvalue weighted by molar-refractivity contribution is 5.74. The summed E-state index contributed by atoms with van der Waals surface area (Å²) in [6.45, 7) is 6.57. The van der Waals surface area contributed by atoms with Gasteiger partial charge < -0.3 is 0 Å². The first kappa shape index (κ1) is 15.1. The van der Waals surface area contributed by atoms with Crippen molar-refractivity contribution in [2.45, 2.75) is 26.2 Å². The molecule has 6 nitrogen and oxygen atoms in total. The van der Waals surface area contributed by atoms with Crippen LogP contribution in [-0.2, 0) is 12.5 Å². The molecule has 4 rings (SSSR count). The lowest BCUT2D eigenvalue weighted by atomic mass is 9.87. The smallest absolute Gasteiger partial charge is 0.113 e. The maximum Gasteiger partial charge on any atom is 0.113 e. The molecule has 1 N–H and O–H groups in total. The fourth-order valence-corrected chi connectivity index (χ4v) is 2.29. The van der Waals surface area contributed by atoms with Crippen molar-refractivity contribution < 1.29 is 0 Å². The summed E-state index contributed by atoms with van der Waals surface area (Å²) in [7, 11) is 1.88. The first-order valence-corrected chi connectivity index (χ1v) is 7.51. The molecule has 0 fully saturated rings. The molecule has 118 valence electrons. The predicted molar refractivity (Wildman–Crippen MR) is 91.1 cm³/mol. The van der Waals surface area contributed by atoms with Crippen LogP contribution in [0.15, 0.2) is 42.5 Å². The summed E-state index contributed by atoms with van der Waals surface area (Å²) in [5.41, 5.74) is 5.41. The van der Waals surface area contributed by atoms with Crippen molar-refractivity contribution in [1.29, 1.82) is 0 Å². The molecule has 2 heterocycles. The van der Waals surface area contributed by atoms with E-state index < -0.39 is 0 Å². The lowest BCUT2D eigenvalue weighted by molar-refractivity contribution is 0.591. The van der Waals surface area contributed by atoms with Gasteiger partial charge in [-0.2, -0.15) is 0 Å². The Hall–Kier alpha value is -2.76. The Morgan fingerprint density at radius 1 is 0.957 bits per heavy atom. The molecule has 0 saturated heterocycles. The lowest BCUT2D eigenvalue weighted by Gasteiger charge is -2.18. The van der Waals surface area contributed by atoms with Gasteiger partial charge in [0.15, 0.2) is 0 Å². The number of rotatable bonds is 0. The van der Waals surface area contributed by atoms with Crippen LogP contribution in [0.25, 0.3) is 22.1 Å². The Balaban J connectivity index is 0.000000140. The minimum absolute atomic E-state index is 0.174. The molecule has 0 atom stereocenters. The molecule has 4 aromatic rings. The third-order valence-electron chi connectivity index (χ3n) is 3.71. The molecular weight excluding hydrogens is 288 g/mol. The van der Waals surface area contributed by atoms with Crippen molar-refractivity contribution in [3.8, 4) is 0 Å². The van der Waals surface area contributed by atoms with Crippen molar-refractivity contribution in [2.24, 2.45) is 7.05 Å². The van der Waals surface area contributed by atoms with Crippen LogP contribution in [0.1, 0.15) is 26.3 Å². The summed E-state index contributed by atoms with van der Waals surface area (Å²) in [6, 6.07) is 14.1. The number of aromatic nitrogens is 6. The largest absolute Gasteiger partial charge is 0.258 e. The third kappa shape index (κ3) is 3.21. The number of nitrogens with one attached hydrogen (secondary N) is 1. The van der Waals surface area contributed by atoms with Crippen LogP contribution in [-0.4, -0.2) is 30.4 Å². The van der Waals surface area contributed by atoms with E-state index in [1.165, 1.54) is 5.56 Å². The van der Waals surface area contributed by atoms with E-state index in [-0.39, 0.29) is 5.41 Å². The molecule has 2 aromatic heterocycles. The molecule has 0 saturated carbocycles. The van der Waals surface area contributed by atoms with Crippen LogP contribution in [0.2, 0.25) is 0 Å². The first-order chi connectivity index (χ1) is 10.9.